The summed E-state index contributed by atoms with van der Waals surface area (Å²) >= 11 is 0. The highest BCUT2D eigenvalue weighted by Gasteiger charge is 2.25. The molecule has 1 aliphatic rings. The molecule has 4 rings (SSSR count). The lowest BCUT2D eigenvalue weighted by Crippen LogP contribution is -2.21. The number of carbonyl (C=O) groups excluding carboxylic acids is 1. The Balaban J connectivity index is 1.77. The van der Waals surface area contributed by atoms with Gasteiger partial charge < -0.3 is 10.1 Å². The predicted octanol–water partition coefficient (Wildman–Crippen LogP) is 3.79. The Morgan fingerprint density at radius 2 is 2.21 bits per heavy atom. The van der Waals surface area contributed by atoms with Gasteiger partial charge in [-0.1, -0.05) is 13.8 Å². The second kappa shape index (κ2) is 9.20. The van der Waals surface area contributed by atoms with E-state index in [1.165, 1.54) is 35.3 Å². The van der Waals surface area contributed by atoms with Gasteiger partial charge in [-0.3, -0.25) is 0 Å². The highest BCUT2D eigenvalue weighted by molar-refractivity contribution is 7.91. The monoisotopic (exact) mass is 483 g/mol. The minimum atomic E-state index is -3.68. The van der Waals surface area contributed by atoms with E-state index in [2.05, 4.69) is 19.8 Å². The van der Waals surface area contributed by atoms with Crippen molar-refractivity contribution in [1.29, 1.82) is 5.26 Å². The van der Waals surface area contributed by atoms with Gasteiger partial charge in [0, 0.05) is 24.7 Å². The summed E-state index contributed by atoms with van der Waals surface area (Å²) in [5.41, 5.74) is 1.68. The van der Waals surface area contributed by atoms with E-state index in [9.17, 15) is 18.7 Å². The molecule has 1 atom stereocenters. The van der Waals surface area contributed by atoms with E-state index in [1.807, 2.05) is 19.9 Å². The van der Waals surface area contributed by atoms with Crippen LogP contribution in [0.3, 0.4) is 0 Å². The lowest BCUT2D eigenvalue weighted by Gasteiger charge is -2.18. The van der Waals surface area contributed by atoms with Gasteiger partial charge in [0.15, 0.2) is 9.92 Å². The van der Waals surface area contributed by atoms with E-state index in [-0.39, 0.29) is 28.1 Å². The van der Waals surface area contributed by atoms with Gasteiger partial charge in [-0.2, -0.15) is 10.4 Å². The zero-order valence-corrected chi connectivity index (χ0v) is 19.3. The molecule has 0 saturated carbocycles. The van der Waals surface area contributed by atoms with Crippen LogP contribution in [0.25, 0.3) is 11.1 Å². The number of nitriles is 1. The van der Waals surface area contributed by atoms with Crippen LogP contribution < -0.4 is 15.2 Å². The Morgan fingerprint density at radius 3 is 2.94 bits per heavy atom. The zero-order chi connectivity index (χ0) is 24.5. The van der Waals surface area contributed by atoms with Crippen LogP contribution in [0, 0.1) is 17.1 Å². The van der Waals surface area contributed by atoms with Crippen LogP contribution in [-0.2, 0) is 16.5 Å². The fourth-order valence-electron chi connectivity index (χ4n) is 3.66. The molecule has 1 aliphatic heterocycles. The lowest BCUT2D eigenvalue weighted by atomic mass is 9.94. The summed E-state index contributed by atoms with van der Waals surface area (Å²) in [6, 6.07) is 6.57. The number of nitrogens with two attached hydrogens (primary N) is 1. The third-order valence-corrected chi connectivity index (χ3v) is 6.57. The minimum absolute atomic E-state index is 0.0264. The van der Waals surface area contributed by atoms with Crippen molar-refractivity contribution in [2.24, 2.45) is 9.50 Å². The van der Waals surface area contributed by atoms with E-state index < -0.39 is 21.8 Å². The number of pyridine rings is 1. The number of fused-ring (bicyclic) bond motifs is 1. The minimum Gasteiger partial charge on any atom is -0.477 e. The second-order valence-corrected chi connectivity index (χ2v) is 9.70. The molecule has 176 valence electrons. The molecule has 2 amide bonds. The molecule has 0 radical (unpaired) electrons. The van der Waals surface area contributed by atoms with Crippen LogP contribution >= 0.6 is 0 Å². The molecular weight excluding hydrogens is 461 g/mol. The summed E-state index contributed by atoms with van der Waals surface area (Å²) < 4.78 is 38.4. The average molecular weight is 484 g/mol. The Labute approximate surface area is 195 Å². The van der Waals surface area contributed by atoms with Crippen molar-refractivity contribution in [3.63, 3.8) is 0 Å². The van der Waals surface area contributed by atoms with Crippen LogP contribution in [0.5, 0.6) is 5.88 Å². The Morgan fingerprint density at radius 1 is 1.41 bits per heavy atom. The number of aromatic nitrogens is 3. The van der Waals surface area contributed by atoms with Gasteiger partial charge in [0.2, 0.25) is 5.88 Å². The molecule has 0 spiro atoms. The van der Waals surface area contributed by atoms with Crippen LogP contribution in [-0.4, -0.2) is 31.6 Å². The van der Waals surface area contributed by atoms with Crippen molar-refractivity contribution in [2.75, 3.05) is 11.9 Å². The summed E-state index contributed by atoms with van der Waals surface area (Å²) in [5.74, 6) is -0.475. The molecule has 3 heterocycles. The van der Waals surface area contributed by atoms with Gasteiger partial charge in [-0.05, 0) is 41.3 Å². The van der Waals surface area contributed by atoms with E-state index >= 15 is 0 Å². The first-order valence-corrected chi connectivity index (χ1v) is 12.0. The van der Waals surface area contributed by atoms with Crippen molar-refractivity contribution in [3.8, 4) is 23.1 Å². The summed E-state index contributed by atoms with van der Waals surface area (Å²) in [7, 11) is -3.68. The lowest BCUT2D eigenvalue weighted by molar-refractivity contribution is 0.224. The number of halogens is 1. The molecule has 0 bridgehead atoms. The highest BCUT2D eigenvalue weighted by atomic mass is 32.2. The molecule has 10 nitrogen and oxygen atoms in total. The molecule has 3 aromatic rings. The second-order valence-electron chi connectivity index (χ2n) is 7.94. The molecule has 34 heavy (non-hydrogen) atoms. The van der Waals surface area contributed by atoms with E-state index in [0.29, 0.717) is 29.8 Å². The Hall–Kier alpha value is -3.82. The number of aryl methyl sites for hydroxylation is 1. The standard InChI is InChI=1S/C22H22FN7O3S/c1-13(2)17-9-15(23)10-18(14-4-5-26-16(8-14)11-24)20(17)28-22(31)29-34(25,32)19-12-27-30-6-3-7-33-21(19)30/h4-5,8-10,12-13H,3,6-7H2,1-2H3,(H3,25,28,29,31,32)/t34-/m1/s1. The summed E-state index contributed by atoms with van der Waals surface area (Å²) in [6.45, 7) is 4.65. The van der Waals surface area contributed by atoms with Crippen molar-refractivity contribution in [3.05, 3.63) is 53.7 Å². The third kappa shape index (κ3) is 4.61. The number of nitrogens with zero attached hydrogens (tertiary/aromatic N) is 5. The average Bonchev–Trinajstić information content (AvgIpc) is 3.24. The maximum atomic E-state index is 14.5. The van der Waals surface area contributed by atoms with Gasteiger partial charge in [0.05, 0.1) is 18.5 Å². The van der Waals surface area contributed by atoms with Crippen LogP contribution in [0.2, 0.25) is 0 Å². The summed E-state index contributed by atoms with van der Waals surface area (Å²) in [4.78, 5) is 16.9. The number of urea groups is 1. The van der Waals surface area contributed by atoms with Crippen LogP contribution in [0.1, 0.15) is 37.4 Å². The SMILES string of the molecule is CC(C)c1cc(F)cc(-c2ccnc(C#N)c2)c1NC(=O)N=[S@@](N)(=O)c1cnn2c1OCCC2. The number of amides is 2. The van der Waals surface area contributed by atoms with Crippen LogP contribution in [0.15, 0.2) is 45.9 Å². The molecule has 0 fully saturated rings. The highest BCUT2D eigenvalue weighted by Crippen LogP contribution is 2.36. The van der Waals surface area contributed by atoms with Crippen molar-refractivity contribution in [2.45, 2.75) is 37.6 Å². The Bertz CT molecular complexity index is 1430. The number of anilines is 1. The third-order valence-electron chi connectivity index (χ3n) is 5.22. The van der Waals surface area contributed by atoms with E-state index in [1.54, 1.807) is 6.07 Å². The van der Waals surface area contributed by atoms with Gasteiger partial charge in [0.1, 0.15) is 22.5 Å². The first-order chi connectivity index (χ1) is 16.2. The zero-order valence-electron chi connectivity index (χ0n) is 18.5. The molecule has 0 aliphatic carbocycles. The normalized spacial score (nSPS) is 14.5. The van der Waals surface area contributed by atoms with E-state index in [4.69, 9.17) is 9.88 Å². The topological polar surface area (TPSA) is 148 Å². The summed E-state index contributed by atoms with van der Waals surface area (Å²) in [5, 5.41) is 21.8. The maximum absolute atomic E-state index is 14.5. The first kappa shape index (κ1) is 23.3. The fraction of sp³-hybridized carbons (Fsp3) is 0.273. The van der Waals surface area contributed by atoms with Crippen molar-refractivity contribution >= 4 is 21.6 Å². The van der Waals surface area contributed by atoms with E-state index in [0.717, 1.165) is 6.42 Å². The van der Waals surface area contributed by atoms with Gasteiger partial charge in [0.25, 0.3) is 0 Å². The van der Waals surface area contributed by atoms with Crippen molar-refractivity contribution < 1.29 is 18.1 Å². The molecule has 3 N–H and O–H groups in total. The van der Waals surface area contributed by atoms with Gasteiger partial charge in [-0.15, -0.1) is 4.36 Å². The molecule has 1 aromatic carbocycles. The number of rotatable bonds is 4. The molecule has 0 saturated heterocycles. The number of ether oxygens (including phenoxy) is 1. The van der Waals surface area contributed by atoms with Gasteiger partial charge >= 0.3 is 6.03 Å². The number of nitrogens with one attached hydrogen (secondary N) is 1. The fourth-order valence-corrected chi connectivity index (χ4v) is 4.66. The number of carbonyl (C=O) groups is 1. The molecule has 12 heteroatoms. The molecule has 0 unspecified atom stereocenters. The number of benzene rings is 1. The molecular formula is C22H22FN7O3S. The first-order valence-electron chi connectivity index (χ1n) is 10.4. The predicted molar refractivity (Wildman–Crippen MR) is 123 cm³/mol. The smallest absolute Gasteiger partial charge is 0.354 e. The van der Waals surface area contributed by atoms with Crippen molar-refractivity contribution in [1.82, 2.24) is 14.8 Å². The van der Waals surface area contributed by atoms with Gasteiger partial charge in [-0.25, -0.2) is 28.2 Å². The van der Waals surface area contributed by atoms with Crippen LogP contribution in [0.4, 0.5) is 14.9 Å². The maximum Gasteiger partial charge on any atom is 0.354 e. The molecule has 2 aromatic heterocycles. The number of hydrogen-bond donors (Lipinski definition) is 2. The quantitative estimate of drug-likeness (QED) is 0.577. The largest absolute Gasteiger partial charge is 0.477 e. The summed E-state index contributed by atoms with van der Waals surface area (Å²) in [6.07, 6.45) is 3.44. The Kier molecular flexibility index (Phi) is 6.32. The number of hydrogen-bond acceptors (Lipinski definition) is 6.